The molecule has 0 atom stereocenters. The van der Waals surface area contributed by atoms with Crippen LogP contribution in [0.25, 0.3) is 0 Å². The zero-order valence-corrected chi connectivity index (χ0v) is 42.2. The first-order valence-corrected chi connectivity index (χ1v) is 25.7. The second-order valence-corrected chi connectivity index (χ2v) is 17.9. The van der Waals surface area contributed by atoms with E-state index in [0.717, 1.165) is 154 Å². The number of rotatable bonds is 30. The largest absolute Gasteiger partial charge is 0.494 e. The van der Waals surface area contributed by atoms with Crippen molar-refractivity contribution < 1.29 is 28.6 Å². The van der Waals surface area contributed by atoms with Crippen LogP contribution in [0.3, 0.4) is 0 Å². The van der Waals surface area contributed by atoms with Crippen LogP contribution in [0.2, 0.25) is 0 Å². The van der Waals surface area contributed by atoms with Gasteiger partial charge in [-0.05, 0) is 137 Å². The number of likely N-dealkylation sites (tertiary alicyclic amines) is 2. The van der Waals surface area contributed by atoms with Gasteiger partial charge in [-0.2, -0.15) is 0 Å². The van der Waals surface area contributed by atoms with Crippen molar-refractivity contribution in [2.45, 2.75) is 124 Å². The lowest BCUT2D eigenvalue weighted by Gasteiger charge is -2.15. The fourth-order valence-electron chi connectivity index (χ4n) is 7.57. The number of nitrogens with one attached hydrogen (secondary N) is 3. The standard InChI is InChI=1S/C19H30N2O2.C18H28N2O2.C18H30N2O2/c1-2-3-6-14-23-18-9-7-8-17(15-18)10-11-20-16-19(22)21-12-4-5-13-21;1-2-3-13-22-17-8-6-7-16(14-17)9-10-19-15-18(21)20-11-4-5-12-20;1-4-5-6-7-13-22-17-10-8-9-16(14-17)11-12-19-15-18(21)20(2)3/h7-9,15,20H,2-6,10-14,16H2,1H3;6-8,14,19H,2-5,9-13,15H2,1H3;8-10,14,19H,4-7,11-13,15H2,1-3H3. The molecule has 0 spiro atoms. The molecule has 3 aromatic carbocycles. The number of amides is 3. The molecule has 374 valence electrons. The maximum absolute atomic E-state index is 11.9. The van der Waals surface area contributed by atoms with Crippen LogP contribution >= 0.6 is 0 Å². The van der Waals surface area contributed by atoms with Crippen LogP contribution in [0.5, 0.6) is 17.2 Å². The van der Waals surface area contributed by atoms with Crippen molar-refractivity contribution in [2.75, 3.05) is 99.4 Å². The highest BCUT2D eigenvalue weighted by molar-refractivity contribution is 5.79. The number of hydrogen-bond donors (Lipinski definition) is 3. The highest BCUT2D eigenvalue weighted by Crippen LogP contribution is 2.17. The number of unbranched alkanes of at least 4 members (excludes halogenated alkanes) is 6. The molecule has 0 saturated carbocycles. The summed E-state index contributed by atoms with van der Waals surface area (Å²) >= 11 is 0. The van der Waals surface area contributed by atoms with Crippen LogP contribution in [0.1, 0.15) is 121 Å². The van der Waals surface area contributed by atoms with E-state index in [1.54, 1.807) is 19.0 Å². The van der Waals surface area contributed by atoms with E-state index in [1.807, 2.05) is 46.2 Å². The van der Waals surface area contributed by atoms with Gasteiger partial charge in [-0.3, -0.25) is 14.4 Å². The molecule has 67 heavy (non-hydrogen) atoms. The first-order chi connectivity index (χ1) is 32.7. The summed E-state index contributed by atoms with van der Waals surface area (Å²) in [5.74, 6) is 3.40. The van der Waals surface area contributed by atoms with E-state index in [4.69, 9.17) is 14.2 Å². The van der Waals surface area contributed by atoms with Crippen molar-refractivity contribution in [2.24, 2.45) is 0 Å². The Balaban J connectivity index is 0.000000267. The van der Waals surface area contributed by atoms with Gasteiger partial charge in [-0.25, -0.2) is 0 Å². The lowest BCUT2D eigenvalue weighted by Crippen LogP contribution is -2.36. The minimum atomic E-state index is 0.101. The number of likely N-dealkylation sites (N-methyl/N-ethyl adjacent to an activating group) is 1. The number of ether oxygens (including phenoxy) is 3. The molecule has 2 aliphatic rings. The highest BCUT2D eigenvalue weighted by atomic mass is 16.5. The summed E-state index contributed by atoms with van der Waals surface area (Å²) in [6.45, 7) is 16.4. The zero-order valence-electron chi connectivity index (χ0n) is 42.2. The average Bonchev–Trinajstić information content (AvgIpc) is 4.10. The Morgan fingerprint density at radius 3 is 1.24 bits per heavy atom. The first-order valence-electron chi connectivity index (χ1n) is 25.7. The van der Waals surface area contributed by atoms with Crippen LogP contribution < -0.4 is 30.2 Å². The number of hydrogen-bond acceptors (Lipinski definition) is 9. The molecule has 2 aliphatic heterocycles. The van der Waals surface area contributed by atoms with E-state index < -0.39 is 0 Å². The molecule has 0 aromatic heterocycles. The molecule has 3 aromatic rings. The summed E-state index contributed by atoms with van der Waals surface area (Å²) in [5.41, 5.74) is 3.73. The average molecular weight is 929 g/mol. The zero-order chi connectivity index (χ0) is 48.2. The number of carbonyl (C=O) groups is 3. The summed E-state index contributed by atoms with van der Waals surface area (Å²) in [4.78, 5) is 40.8. The Bertz CT molecular complexity index is 1760. The van der Waals surface area contributed by atoms with Crippen LogP contribution in [0, 0.1) is 0 Å². The smallest absolute Gasteiger partial charge is 0.236 e. The van der Waals surface area contributed by atoms with Crippen molar-refractivity contribution in [3.05, 3.63) is 89.5 Å². The third kappa shape index (κ3) is 26.5. The maximum Gasteiger partial charge on any atom is 0.236 e. The topological polar surface area (TPSA) is 125 Å². The van der Waals surface area contributed by atoms with Gasteiger partial charge in [0.15, 0.2) is 0 Å². The molecule has 12 heteroatoms. The molecule has 0 radical (unpaired) electrons. The molecular weight excluding hydrogens is 841 g/mol. The minimum Gasteiger partial charge on any atom is -0.494 e. The van der Waals surface area contributed by atoms with Gasteiger partial charge in [-0.1, -0.05) is 95.7 Å². The van der Waals surface area contributed by atoms with Gasteiger partial charge in [0.1, 0.15) is 17.2 Å². The molecule has 0 bridgehead atoms. The van der Waals surface area contributed by atoms with E-state index >= 15 is 0 Å². The summed E-state index contributed by atoms with van der Waals surface area (Å²) in [7, 11) is 3.54. The van der Waals surface area contributed by atoms with E-state index in [2.05, 4.69) is 73.1 Å². The van der Waals surface area contributed by atoms with Crippen molar-refractivity contribution in [3.8, 4) is 17.2 Å². The number of nitrogens with zero attached hydrogens (tertiary/aromatic N) is 3. The van der Waals surface area contributed by atoms with Crippen molar-refractivity contribution >= 4 is 17.7 Å². The second kappa shape index (κ2) is 36.4. The number of benzene rings is 3. The quantitative estimate of drug-likeness (QED) is 0.0565. The molecule has 2 saturated heterocycles. The van der Waals surface area contributed by atoms with E-state index in [0.29, 0.717) is 19.6 Å². The van der Waals surface area contributed by atoms with Gasteiger partial charge in [0.25, 0.3) is 0 Å². The third-order valence-electron chi connectivity index (χ3n) is 11.8. The summed E-state index contributed by atoms with van der Waals surface area (Å²) < 4.78 is 17.3. The Labute approximate surface area is 405 Å². The Kier molecular flexibility index (Phi) is 30.8. The molecule has 2 fully saturated rings. The Morgan fingerprint density at radius 1 is 0.493 bits per heavy atom. The van der Waals surface area contributed by atoms with Gasteiger partial charge in [0, 0.05) is 40.3 Å². The molecule has 0 aliphatic carbocycles. The normalized spacial score (nSPS) is 13.0. The van der Waals surface area contributed by atoms with Gasteiger partial charge < -0.3 is 44.9 Å². The SMILES string of the molecule is CCCCCCOc1cccc(CCNCC(=O)N(C)C)c1.CCCCCOc1cccc(CCNCC(=O)N2CCCC2)c1.CCCCOc1cccc(CCNCC(=O)N2CCCC2)c1. The maximum atomic E-state index is 11.9. The molecule has 2 heterocycles. The van der Waals surface area contributed by atoms with Crippen molar-refractivity contribution in [1.29, 1.82) is 0 Å². The summed E-state index contributed by atoms with van der Waals surface area (Å²) in [6.07, 6.45) is 18.0. The predicted molar refractivity (Wildman–Crippen MR) is 274 cm³/mol. The summed E-state index contributed by atoms with van der Waals surface area (Å²) in [5, 5.41) is 9.68. The van der Waals surface area contributed by atoms with Gasteiger partial charge in [-0.15, -0.1) is 0 Å². The third-order valence-corrected chi connectivity index (χ3v) is 11.8. The molecule has 12 nitrogen and oxygen atoms in total. The van der Waals surface area contributed by atoms with E-state index in [9.17, 15) is 14.4 Å². The highest BCUT2D eigenvalue weighted by Gasteiger charge is 2.18. The van der Waals surface area contributed by atoms with Crippen molar-refractivity contribution in [1.82, 2.24) is 30.7 Å². The molecule has 5 rings (SSSR count). The fourth-order valence-corrected chi connectivity index (χ4v) is 7.57. The Hall–Kier alpha value is -4.65. The minimum absolute atomic E-state index is 0.101. The van der Waals surface area contributed by atoms with Crippen molar-refractivity contribution in [3.63, 3.8) is 0 Å². The molecule has 0 unspecified atom stereocenters. The molecular formula is C55H88N6O6. The van der Waals surface area contributed by atoms with Crippen LogP contribution in [0.4, 0.5) is 0 Å². The lowest BCUT2D eigenvalue weighted by molar-refractivity contribution is -0.129. The lowest BCUT2D eigenvalue weighted by atomic mass is 10.1. The summed E-state index contributed by atoms with van der Waals surface area (Å²) in [6, 6.07) is 24.7. The predicted octanol–water partition coefficient (Wildman–Crippen LogP) is 8.50. The fraction of sp³-hybridized carbons (Fsp3) is 0.618. The molecule has 3 N–H and O–H groups in total. The Morgan fingerprint density at radius 2 is 0.851 bits per heavy atom. The van der Waals surface area contributed by atoms with Crippen LogP contribution in [-0.4, -0.2) is 132 Å². The van der Waals surface area contributed by atoms with E-state index in [1.165, 1.54) is 48.8 Å². The van der Waals surface area contributed by atoms with Crippen LogP contribution in [0.15, 0.2) is 72.8 Å². The second-order valence-electron chi connectivity index (χ2n) is 17.9. The monoisotopic (exact) mass is 929 g/mol. The van der Waals surface area contributed by atoms with Crippen LogP contribution in [-0.2, 0) is 33.6 Å². The van der Waals surface area contributed by atoms with E-state index in [-0.39, 0.29) is 17.7 Å². The van der Waals surface area contributed by atoms with Gasteiger partial charge in [0.05, 0.1) is 39.5 Å². The number of carbonyl (C=O) groups excluding carboxylic acids is 3. The molecule has 3 amide bonds. The first kappa shape index (κ1) is 56.7. The van der Waals surface area contributed by atoms with Gasteiger partial charge in [0.2, 0.25) is 17.7 Å². The van der Waals surface area contributed by atoms with Gasteiger partial charge >= 0.3 is 0 Å².